The molecular formula is C12H24N2. The van der Waals surface area contributed by atoms with Crippen molar-refractivity contribution in [3.05, 3.63) is 0 Å². The second-order valence-corrected chi connectivity index (χ2v) is 5.12. The van der Waals surface area contributed by atoms with Crippen molar-refractivity contribution in [2.45, 2.75) is 44.6 Å². The molecule has 1 saturated carbocycles. The Balaban J connectivity index is 1.52. The van der Waals surface area contributed by atoms with Crippen molar-refractivity contribution in [2.24, 2.45) is 5.92 Å². The topological polar surface area (TPSA) is 15.3 Å². The highest BCUT2D eigenvalue weighted by atomic mass is 15.1. The number of nitrogens with one attached hydrogen (secondary N) is 1. The van der Waals surface area contributed by atoms with Crippen molar-refractivity contribution >= 4 is 0 Å². The summed E-state index contributed by atoms with van der Waals surface area (Å²) in [6, 6.07) is 0.811. The van der Waals surface area contributed by atoms with E-state index in [0.717, 1.165) is 12.0 Å². The van der Waals surface area contributed by atoms with Crippen molar-refractivity contribution < 1.29 is 0 Å². The van der Waals surface area contributed by atoms with Gasteiger partial charge in [-0.05, 0) is 51.9 Å². The van der Waals surface area contributed by atoms with Crippen molar-refractivity contribution in [1.82, 2.24) is 10.2 Å². The fourth-order valence-corrected chi connectivity index (χ4v) is 2.49. The van der Waals surface area contributed by atoms with E-state index in [1.165, 1.54) is 58.2 Å². The van der Waals surface area contributed by atoms with Gasteiger partial charge in [0.2, 0.25) is 0 Å². The highest BCUT2D eigenvalue weighted by Gasteiger charge is 2.19. The zero-order valence-electron chi connectivity index (χ0n) is 9.47. The van der Waals surface area contributed by atoms with Crippen LogP contribution in [-0.2, 0) is 0 Å². The Kier molecular flexibility index (Phi) is 3.82. The Morgan fingerprint density at radius 3 is 2.43 bits per heavy atom. The summed E-state index contributed by atoms with van der Waals surface area (Å²) >= 11 is 0. The third-order valence-corrected chi connectivity index (χ3v) is 3.93. The van der Waals surface area contributed by atoms with Gasteiger partial charge in [-0.2, -0.15) is 0 Å². The maximum Gasteiger partial charge on any atom is 0.00914 e. The molecule has 2 heteroatoms. The van der Waals surface area contributed by atoms with Crippen LogP contribution in [0.1, 0.15) is 38.5 Å². The number of likely N-dealkylation sites (tertiary alicyclic amines) is 1. The molecular weight excluding hydrogens is 172 g/mol. The predicted molar refractivity (Wildman–Crippen MR) is 60.5 cm³/mol. The first-order chi connectivity index (χ1) is 6.84. The zero-order valence-corrected chi connectivity index (χ0v) is 9.47. The van der Waals surface area contributed by atoms with E-state index in [1.54, 1.807) is 0 Å². The van der Waals surface area contributed by atoms with Crippen LogP contribution in [0.2, 0.25) is 0 Å². The molecule has 2 nitrogen and oxygen atoms in total. The maximum absolute atomic E-state index is 3.71. The largest absolute Gasteiger partial charge is 0.314 e. The van der Waals surface area contributed by atoms with Crippen LogP contribution < -0.4 is 5.32 Å². The quantitative estimate of drug-likeness (QED) is 0.738. The monoisotopic (exact) mass is 196 g/mol. The smallest absolute Gasteiger partial charge is 0.00914 e. The lowest BCUT2D eigenvalue weighted by atomic mass is 9.83. The predicted octanol–water partition coefficient (Wildman–Crippen LogP) is 1.86. The summed E-state index contributed by atoms with van der Waals surface area (Å²) in [5, 5.41) is 3.71. The van der Waals surface area contributed by atoms with Gasteiger partial charge in [0.25, 0.3) is 0 Å². The molecule has 2 fully saturated rings. The first-order valence-corrected chi connectivity index (χ1v) is 6.26. The first kappa shape index (κ1) is 10.4. The molecule has 1 heterocycles. The van der Waals surface area contributed by atoms with E-state index >= 15 is 0 Å². The van der Waals surface area contributed by atoms with E-state index in [0.29, 0.717) is 0 Å². The summed E-state index contributed by atoms with van der Waals surface area (Å²) in [6.07, 6.45) is 8.59. The van der Waals surface area contributed by atoms with Crippen molar-refractivity contribution in [3.8, 4) is 0 Å². The molecule has 0 bridgehead atoms. The normalized spacial score (nSPS) is 26.4. The molecule has 0 atom stereocenters. The molecule has 0 unspecified atom stereocenters. The third-order valence-electron chi connectivity index (χ3n) is 3.93. The van der Waals surface area contributed by atoms with Crippen LogP contribution in [0, 0.1) is 5.92 Å². The second-order valence-electron chi connectivity index (χ2n) is 5.12. The van der Waals surface area contributed by atoms with Gasteiger partial charge in [-0.3, -0.25) is 0 Å². The Bertz CT molecular complexity index is 158. The van der Waals surface area contributed by atoms with Crippen molar-refractivity contribution in [2.75, 3.05) is 26.7 Å². The van der Waals surface area contributed by atoms with Crippen LogP contribution >= 0.6 is 0 Å². The highest BCUT2D eigenvalue weighted by molar-refractivity contribution is 4.77. The molecule has 1 aliphatic heterocycles. The highest BCUT2D eigenvalue weighted by Crippen LogP contribution is 2.28. The van der Waals surface area contributed by atoms with Gasteiger partial charge in [0, 0.05) is 6.04 Å². The van der Waals surface area contributed by atoms with Crippen molar-refractivity contribution in [1.29, 1.82) is 0 Å². The average molecular weight is 196 g/mol. The van der Waals surface area contributed by atoms with E-state index in [-0.39, 0.29) is 0 Å². The minimum absolute atomic E-state index is 0.811. The minimum atomic E-state index is 0.811. The van der Waals surface area contributed by atoms with Gasteiger partial charge in [-0.1, -0.05) is 19.3 Å². The lowest BCUT2D eigenvalue weighted by Crippen LogP contribution is -2.41. The zero-order chi connectivity index (χ0) is 9.80. The fraction of sp³-hybridized carbons (Fsp3) is 1.00. The molecule has 2 aliphatic rings. The Morgan fingerprint density at radius 1 is 1.14 bits per heavy atom. The molecule has 82 valence electrons. The van der Waals surface area contributed by atoms with Crippen LogP contribution in [0.25, 0.3) is 0 Å². The van der Waals surface area contributed by atoms with E-state index in [1.807, 2.05) is 0 Å². The summed E-state index contributed by atoms with van der Waals surface area (Å²) < 4.78 is 0. The van der Waals surface area contributed by atoms with Crippen LogP contribution in [0.3, 0.4) is 0 Å². The maximum atomic E-state index is 3.71. The van der Waals surface area contributed by atoms with Gasteiger partial charge in [0.05, 0.1) is 0 Å². The van der Waals surface area contributed by atoms with E-state index in [9.17, 15) is 0 Å². The summed E-state index contributed by atoms with van der Waals surface area (Å²) in [5.74, 6) is 1.06. The van der Waals surface area contributed by atoms with Crippen LogP contribution in [0.4, 0.5) is 0 Å². The van der Waals surface area contributed by atoms with Crippen LogP contribution in [0.5, 0.6) is 0 Å². The van der Waals surface area contributed by atoms with Crippen LogP contribution in [-0.4, -0.2) is 37.6 Å². The molecule has 0 spiro atoms. The lowest BCUT2D eigenvalue weighted by Gasteiger charge is -2.31. The molecule has 2 rings (SSSR count). The van der Waals surface area contributed by atoms with E-state index in [2.05, 4.69) is 17.3 Å². The van der Waals surface area contributed by atoms with Gasteiger partial charge in [-0.15, -0.1) is 0 Å². The third kappa shape index (κ3) is 2.96. The number of rotatable bonds is 4. The Morgan fingerprint density at radius 2 is 1.86 bits per heavy atom. The molecule has 0 radical (unpaired) electrons. The van der Waals surface area contributed by atoms with Crippen molar-refractivity contribution in [3.63, 3.8) is 0 Å². The number of hydrogen-bond acceptors (Lipinski definition) is 2. The molecule has 14 heavy (non-hydrogen) atoms. The minimum Gasteiger partial charge on any atom is -0.314 e. The van der Waals surface area contributed by atoms with E-state index < -0.39 is 0 Å². The van der Waals surface area contributed by atoms with Gasteiger partial charge in [0.15, 0.2) is 0 Å². The first-order valence-electron chi connectivity index (χ1n) is 6.26. The molecule has 0 aromatic heterocycles. The van der Waals surface area contributed by atoms with Gasteiger partial charge in [0.1, 0.15) is 0 Å². The Labute approximate surface area is 88.1 Å². The molecule has 1 aliphatic carbocycles. The molecule has 1 N–H and O–H groups in total. The SMILES string of the molecule is CN1CCC(NCCC2CCC2)CC1. The number of hydrogen-bond donors (Lipinski definition) is 1. The summed E-state index contributed by atoms with van der Waals surface area (Å²) in [7, 11) is 2.23. The molecule has 0 aromatic carbocycles. The average Bonchev–Trinajstić information content (AvgIpc) is 2.12. The summed E-state index contributed by atoms with van der Waals surface area (Å²) in [5.41, 5.74) is 0. The van der Waals surface area contributed by atoms with E-state index in [4.69, 9.17) is 0 Å². The lowest BCUT2D eigenvalue weighted by molar-refractivity contribution is 0.225. The Hall–Kier alpha value is -0.0800. The van der Waals surface area contributed by atoms with Gasteiger partial charge >= 0.3 is 0 Å². The number of piperidine rings is 1. The fourth-order valence-electron chi connectivity index (χ4n) is 2.49. The standard InChI is InChI=1S/C12H24N2/c1-14-9-6-12(7-10-14)13-8-5-11-3-2-4-11/h11-13H,2-10H2,1H3. The van der Waals surface area contributed by atoms with Gasteiger partial charge in [-0.25, -0.2) is 0 Å². The molecule has 0 aromatic rings. The number of nitrogens with zero attached hydrogens (tertiary/aromatic N) is 1. The summed E-state index contributed by atoms with van der Waals surface area (Å²) in [6.45, 7) is 3.82. The van der Waals surface area contributed by atoms with Gasteiger partial charge < -0.3 is 10.2 Å². The molecule has 1 saturated heterocycles. The molecule has 0 amide bonds. The van der Waals surface area contributed by atoms with Crippen LogP contribution in [0.15, 0.2) is 0 Å². The summed E-state index contributed by atoms with van der Waals surface area (Å²) in [4.78, 5) is 2.43. The second kappa shape index (κ2) is 5.13.